The molecule has 1 amide bonds. The molecule has 2 heterocycles. The van der Waals surface area contributed by atoms with Crippen molar-refractivity contribution in [2.75, 3.05) is 5.32 Å². The number of amides is 1. The highest BCUT2D eigenvalue weighted by atomic mass is 16.5. The van der Waals surface area contributed by atoms with Gasteiger partial charge in [0.15, 0.2) is 5.82 Å². The highest BCUT2D eigenvalue weighted by Gasteiger charge is 2.10. The molecule has 0 bridgehead atoms. The number of rotatable bonds is 4. The molecule has 0 unspecified atom stereocenters. The van der Waals surface area contributed by atoms with E-state index in [4.69, 9.17) is 4.52 Å². The van der Waals surface area contributed by atoms with Crippen LogP contribution in [0.3, 0.4) is 0 Å². The van der Waals surface area contributed by atoms with Gasteiger partial charge >= 0.3 is 0 Å². The maximum Gasteiger partial charge on any atom is 0.257 e. The summed E-state index contributed by atoms with van der Waals surface area (Å²) in [5, 5.41) is 6.51. The van der Waals surface area contributed by atoms with Crippen LogP contribution in [0.5, 0.6) is 0 Å². The van der Waals surface area contributed by atoms with Gasteiger partial charge in [-0.1, -0.05) is 5.16 Å². The molecule has 0 atom stereocenters. The zero-order valence-corrected chi connectivity index (χ0v) is 13.3. The maximum atomic E-state index is 12.3. The molecule has 3 aromatic rings. The fraction of sp³-hybridized carbons (Fsp3) is 0.176. The predicted molar refractivity (Wildman–Crippen MR) is 88.8 cm³/mol. The highest BCUT2D eigenvalue weighted by molar-refractivity contribution is 6.04. The lowest BCUT2D eigenvalue weighted by Gasteiger charge is -2.08. The van der Waals surface area contributed by atoms with Crippen LogP contribution < -0.4 is 10.9 Å². The molecule has 3 rings (SSSR count). The molecule has 0 fully saturated rings. The standard InChI is InChI=1S/C17H16N4O3/c1-3-21-10-14(8-9-15(21)22)19-16(23)12-4-6-13(7-5-12)17-18-11(2)20-24-17/h4-10H,3H2,1-2H3,(H,19,23). The SMILES string of the molecule is CCn1cc(NC(=O)c2ccc(-c3nc(C)no3)cc2)ccc1=O. The van der Waals surface area contributed by atoms with Crippen molar-refractivity contribution in [2.45, 2.75) is 20.4 Å². The number of anilines is 1. The third-order valence-electron chi connectivity index (χ3n) is 3.50. The topological polar surface area (TPSA) is 90.0 Å². The van der Waals surface area contributed by atoms with E-state index in [1.807, 2.05) is 6.92 Å². The molecule has 0 aliphatic carbocycles. The van der Waals surface area contributed by atoms with Gasteiger partial charge in [0.2, 0.25) is 0 Å². The second-order valence-electron chi connectivity index (χ2n) is 5.22. The molecular formula is C17H16N4O3. The van der Waals surface area contributed by atoms with Crippen molar-refractivity contribution in [3.8, 4) is 11.5 Å². The third kappa shape index (κ3) is 3.24. The molecule has 0 saturated heterocycles. The summed E-state index contributed by atoms with van der Waals surface area (Å²) < 4.78 is 6.61. The van der Waals surface area contributed by atoms with Gasteiger partial charge in [-0.2, -0.15) is 4.98 Å². The third-order valence-corrected chi connectivity index (χ3v) is 3.50. The Morgan fingerprint density at radius 1 is 1.21 bits per heavy atom. The van der Waals surface area contributed by atoms with Gasteiger partial charge in [-0.3, -0.25) is 9.59 Å². The van der Waals surface area contributed by atoms with E-state index in [2.05, 4.69) is 15.5 Å². The van der Waals surface area contributed by atoms with Crippen LogP contribution in [-0.4, -0.2) is 20.6 Å². The van der Waals surface area contributed by atoms with E-state index in [1.54, 1.807) is 43.5 Å². The van der Waals surface area contributed by atoms with Crippen molar-refractivity contribution in [1.82, 2.24) is 14.7 Å². The minimum Gasteiger partial charge on any atom is -0.334 e. The zero-order chi connectivity index (χ0) is 17.1. The molecule has 122 valence electrons. The Labute approximate surface area is 137 Å². The predicted octanol–water partition coefficient (Wildman–Crippen LogP) is 2.48. The molecule has 7 heteroatoms. The summed E-state index contributed by atoms with van der Waals surface area (Å²) in [5.41, 5.74) is 1.70. The van der Waals surface area contributed by atoms with E-state index in [0.29, 0.717) is 29.5 Å². The fourth-order valence-electron chi connectivity index (χ4n) is 2.23. The summed E-state index contributed by atoms with van der Waals surface area (Å²) in [6, 6.07) is 9.87. The molecule has 1 N–H and O–H groups in total. The average molecular weight is 324 g/mol. The van der Waals surface area contributed by atoms with E-state index >= 15 is 0 Å². The number of nitrogens with one attached hydrogen (secondary N) is 1. The Hall–Kier alpha value is -3.22. The van der Waals surface area contributed by atoms with Crippen LogP contribution in [0.25, 0.3) is 11.5 Å². The largest absolute Gasteiger partial charge is 0.334 e. The first-order valence-electron chi connectivity index (χ1n) is 7.49. The number of carbonyl (C=O) groups is 1. The number of benzene rings is 1. The second kappa shape index (κ2) is 6.49. The molecule has 0 aliphatic heterocycles. The summed E-state index contributed by atoms with van der Waals surface area (Å²) >= 11 is 0. The van der Waals surface area contributed by atoms with Crippen LogP contribution in [0.2, 0.25) is 0 Å². The van der Waals surface area contributed by atoms with Gasteiger partial charge in [0, 0.05) is 29.9 Å². The lowest BCUT2D eigenvalue weighted by molar-refractivity contribution is 0.102. The van der Waals surface area contributed by atoms with Crippen molar-refractivity contribution in [1.29, 1.82) is 0 Å². The van der Waals surface area contributed by atoms with E-state index in [9.17, 15) is 9.59 Å². The second-order valence-corrected chi connectivity index (χ2v) is 5.22. The molecule has 24 heavy (non-hydrogen) atoms. The minimum absolute atomic E-state index is 0.102. The van der Waals surface area contributed by atoms with Gasteiger partial charge in [-0.05, 0) is 44.2 Å². The molecule has 0 saturated carbocycles. The quantitative estimate of drug-likeness (QED) is 0.796. The van der Waals surface area contributed by atoms with Gasteiger partial charge in [0.1, 0.15) is 0 Å². The molecule has 0 aliphatic rings. The zero-order valence-electron chi connectivity index (χ0n) is 13.3. The highest BCUT2D eigenvalue weighted by Crippen LogP contribution is 2.18. The molecule has 0 radical (unpaired) electrons. The van der Waals surface area contributed by atoms with Crippen LogP contribution in [-0.2, 0) is 6.54 Å². The Kier molecular flexibility index (Phi) is 4.24. The smallest absolute Gasteiger partial charge is 0.257 e. The van der Waals surface area contributed by atoms with E-state index in [-0.39, 0.29) is 11.5 Å². The van der Waals surface area contributed by atoms with Crippen molar-refractivity contribution >= 4 is 11.6 Å². The first-order valence-corrected chi connectivity index (χ1v) is 7.49. The summed E-state index contributed by atoms with van der Waals surface area (Å²) in [5.74, 6) is 0.705. The number of pyridine rings is 1. The number of aromatic nitrogens is 3. The summed E-state index contributed by atoms with van der Waals surface area (Å²) in [4.78, 5) is 28.0. The Morgan fingerprint density at radius 2 is 1.96 bits per heavy atom. The molecule has 7 nitrogen and oxygen atoms in total. The van der Waals surface area contributed by atoms with Gasteiger partial charge < -0.3 is 14.4 Å². The Morgan fingerprint density at radius 3 is 2.58 bits per heavy atom. The summed E-state index contributed by atoms with van der Waals surface area (Å²) in [7, 11) is 0. The van der Waals surface area contributed by atoms with E-state index in [1.165, 1.54) is 10.6 Å². The van der Waals surface area contributed by atoms with E-state index in [0.717, 1.165) is 5.56 Å². The number of hydrogen-bond acceptors (Lipinski definition) is 5. The normalized spacial score (nSPS) is 10.6. The first-order chi connectivity index (χ1) is 11.6. The van der Waals surface area contributed by atoms with Gasteiger partial charge in [0.25, 0.3) is 17.4 Å². The van der Waals surface area contributed by atoms with Crippen LogP contribution in [0.15, 0.2) is 51.9 Å². The molecule has 2 aromatic heterocycles. The van der Waals surface area contributed by atoms with Crippen molar-refractivity contribution in [2.24, 2.45) is 0 Å². The lowest BCUT2D eigenvalue weighted by atomic mass is 10.1. The van der Waals surface area contributed by atoms with Crippen molar-refractivity contribution < 1.29 is 9.32 Å². The van der Waals surface area contributed by atoms with E-state index < -0.39 is 0 Å². The Balaban J connectivity index is 1.77. The lowest BCUT2D eigenvalue weighted by Crippen LogP contribution is -2.19. The maximum absolute atomic E-state index is 12.3. The van der Waals surface area contributed by atoms with Crippen LogP contribution in [0.4, 0.5) is 5.69 Å². The fourth-order valence-corrected chi connectivity index (χ4v) is 2.23. The Bertz CT molecular complexity index is 926. The first kappa shape index (κ1) is 15.7. The van der Waals surface area contributed by atoms with Crippen molar-refractivity contribution in [3.05, 3.63) is 64.3 Å². The van der Waals surface area contributed by atoms with Crippen LogP contribution in [0.1, 0.15) is 23.1 Å². The molecule has 1 aromatic carbocycles. The summed E-state index contributed by atoms with van der Waals surface area (Å²) in [6.45, 7) is 4.15. The monoisotopic (exact) mass is 324 g/mol. The van der Waals surface area contributed by atoms with Crippen LogP contribution in [0, 0.1) is 6.92 Å². The number of carbonyl (C=O) groups excluding carboxylic acids is 1. The minimum atomic E-state index is -0.260. The molecular weight excluding hydrogens is 308 g/mol. The average Bonchev–Trinajstić information content (AvgIpc) is 3.03. The molecule has 0 spiro atoms. The van der Waals surface area contributed by atoms with Crippen LogP contribution >= 0.6 is 0 Å². The number of aryl methyl sites for hydroxylation is 2. The number of nitrogens with zero attached hydrogens (tertiary/aromatic N) is 3. The summed E-state index contributed by atoms with van der Waals surface area (Å²) in [6.07, 6.45) is 1.62. The van der Waals surface area contributed by atoms with Gasteiger partial charge in [0.05, 0.1) is 5.69 Å². The van der Waals surface area contributed by atoms with Gasteiger partial charge in [-0.15, -0.1) is 0 Å². The van der Waals surface area contributed by atoms with Crippen molar-refractivity contribution in [3.63, 3.8) is 0 Å². The number of hydrogen-bond donors (Lipinski definition) is 1. The van der Waals surface area contributed by atoms with Gasteiger partial charge in [-0.25, -0.2) is 0 Å².